The van der Waals surface area contributed by atoms with E-state index in [2.05, 4.69) is 5.32 Å². The maximum absolute atomic E-state index is 13.6. The molecule has 0 aliphatic carbocycles. The summed E-state index contributed by atoms with van der Waals surface area (Å²) in [5, 5.41) is 2.81. The molecule has 1 N–H and O–H groups in total. The van der Waals surface area contributed by atoms with Crippen LogP contribution in [0.1, 0.15) is 11.5 Å². The zero-order chi connectivity index (χ0) is 15.2. The van der Waals surface area contributed by atoms with Crippen LogP contribution in [0.2, 0.25) is 0 Å². The van der Waals surface area contributed by atoms with Crippen molar-refractivity contribution < 1.29 is 18.3 Å². The third-order valence-electron chi connectivity index (χ3n) is 3.12. The molecule has 110 valence electrons. The topological polar surface area (TPSA) is 38.3 Å². The molecule has 0 saturated carbocycles. The van der Waals surface area contributed by atoms with E-state index in [0.29, 0.717) is 0 Å². The van der Waals surface area contributed by atoms with Crippen molar-refractivity contribution in [2.45, 2.75) is 5.92 Å². The molecule has 0 aliphatic rings. The molecule has 1 atom stereocenters. The van der Waals surface area contributed by atoms with Crippen LogP contribution in [-0.4, -0.2) is 19.6 Å². The highest BCUT2D eigenvalue weighted by Gasteiger charge is 2.21. The van der Waals surface area contributed by atoms with Crippen molar-refractivity contribution in [3.05, 3.63) is 65.7 Å². The van der Waals surface area contributed by atoms with Crippen LogP contribution in [0.3, 0.4) is 0 Å². The van der Waals surface area contributed by atoms with E-state index >= 15 is 0 Å². The Balaban J connectivity index is 2.15. The van der Waals surface area contributed by atoms with Crippen LogP contribution in [0.25, 0.3) is 0 Å². The van der Waals surface area contributed by atoms with Crippen molar-refractivity contribution in [2.75, 3.05) is 19.0 Å². The predicted octanol–water partition coefficient (Wildman–Crippen LogP) is 3.33. The first-order valence-corrected chi connectivity index (χ1v) is 6.43. The smallest absolute Gasteiger partial charge is 0.314 e. The van der Waals surface area contributed by atoms with Gasteiger partial charge in [0.05, 0.1) is 18.7 Å². The van der Waals surface area contributed by atoms with Crippen molar-refractivity contribution in [3.8, 4) is 0 Å². The number of rotatable bonds is 5. The fraction of sp³-hybridized carbons (Fsp3) is 0.188. The Labute approximate surface area is 121 Å². The third kappa shape index (κ3) is 3.78. The van der Waals surface area contributed by atoms with Gasteiger partial charge in [0.1, 0.15) is 11.6 Å². The number of carbonyl (C=O) groups excluding carboxylic acids is 1. The predicted molar refractivity (Wildman–Crippen MR) is 76.0 cm³/mol. The molecular formula is C16H15F2NO2. The van der Waals surface area contributed by atoms with E-state index < -0.39 is 23.5 Å². The summed E-state index contributed by atoms with van der Waals surface area (Å²) in [5.41, 5.74) is 0.903. The number of anilines is 1. The Hall–Kier alpha value is -2.43. The second-order valence-corrected chi connectivity index (χ2v) is 4.49. The molecule has 0 heterocycles. The monoisotopic (exact) mass is 291 g/mol. The van der Waals surface area contributed by atoms with Crippen LogP contribution in [0.5, 0.6) is 0 Å². The van der Waals surface area contributed by atoms with Gasteiger partial charge in [0.25, 0.3) is 0 Å². The minimum atomic E-state index is -0.702. The van der Waals surface area contributed by atoms with Gasteiger partial charge < -0.3 is 10.1 Å². The van der Waals surface area contributed by atoms with Crippen LogP contribution in [0, 0.1) is 11.6 Å². The van der Waals surface area contributed by atoms with Crippen LogP contribution in [0.15, 0.2) is 48.5 Å². The van der Waals surface area contributed by atoms with E-state index in [1.165, 1.54) is 13.2 Å². The summed E-state index contributed by atoms with van der Waals surface area (Å²) in [4.78, 5) is 11.9. The molecule has 5 heteroatoms. The molecule has 21 heavy (non-hydrogen) atoms. The molecule has 3 nitrogen and oxygen atoms in total. The van der Waals surface area contributed by atoms with Gasteiger partial charge in [-0.1, -0.05) is 30.3 Å². The van der Waals surface area contributed by atoms with Gasteiger partial charge in [0.2, 0.25) is 0 Å². The van der Waals surface area contributed by atoms with Crippen molar-refractivity contribution in [1.82, 2.24) is 0 Å². The minimum absolute atomic E-state index is 0.140. The summed E-state index contributed by atoms with van der Waals surface area (Å²) in [6.45, 7) is 0.152. The third-order valence-corrected chi connectivity index (χ3v) is 3.12. The van der Waals surface area contributed by atoms with Crippen LogP contribution in [-0.2, 0) is 9.53 Å². The Morgan fingerprint density at radius 3 is 2.52 bits per heavy atom. The van der Waals surface area contributed by atoms with E-state index in [0.717, 1.165) is 17.7 Å². The summed E-state index contributed by atoms with van der Waals surface area (Å²) < 4.78 is 31.2. The van der Waals surface area contributed by atoms with E-state index in [4.69, 9.17) is 4.74 Å². The Morgan fingerprint density at radius 1 is 1.19 bits per heavy atom. The number of esters is 1. The molecule has 0 amide bonds. The maximum Gasteiger partial charge on any atom is 0.314 e. The minimum Gasteiger partial charge on any atom is -0.468 e. The summed E-state index contributed by atoms with van der Waals surface area (Å²) in [5.74, 6) is -2.34. The second-order valence-electron chi connectivity index (χ2n) is 4.49. The molecule has 2 aromatic rings. The van der Waals surface area contributed by atoms with Gasteiger partial charge in [-0.2, -0.15) is 0 Å². The van der Waals surface area contributed by atoms with Crippen molar-refractivity contribution in [2.24, 2.45) is 0 Å². The molecule has 2 rings (SSSR count). The molecule has 2 aromatic carbocycles. The largest absolute Gasteiger partial charge is 0.468 e. The summed E-state index contributed by atoms with van der Waals surface area (Å²) in [6, 6.07) is 12.3. The van der Waals surface area contributed by atoms with E-state index in [1.807, 2.05) is 18.2 Å². The number of hydrogen-bond donors (Lipinski definition) is 1. The lowest BCUT2D eigenvalue weighted by atomic mass is 9.99. The first kappa shape index (κ1) is 15.0. The number of halogens is 2. The standard InChI is InChI=1S/C16H15F2NO2/c1-21-16(20)13(11-5-3-2-4-6-11)10-19-15-8-7-12(17)9-14(15)18/h2-9,13,19H,10H2,1H3. The molecule has 0 spiro atoms. The molecule has 0 aromatic heterocycles. The first-order chi connectivity index (χ1) is 10.1. The second kappa shape index (κ2) is 6.83. The van der Waals surface area contributed by atoms with Gasteiger partial charge >= 0.3 is 5.97 Å². The highest BCUT2D eigenvalue weighted by atomic mass is 19.1. The molecule has 0 saturated heterocycles. The summed E-state index contributed by atoms with van der Waals surface area (Å²) in [7, 11) is 1.30. The Kier molecular flexibility index (Phi) is 4.87. The van der Waals surface area contributed by atoms with Crippen LogP contribution >= 0.6 is 0 Å². The van der Waals surface area contributed by atoms with Crippen molar-refractivity contribution >= 4 is 11.7 Å². The van der Waals surface area contributed by atoms with Gasteiger partial charge in [-0.25, -0.2) is 8.78 Å². The number of methoxy groups -OCH3 is 1. The average molecular weight is 291 g/mol. The first-order valence-electron chi connectivity index (χ1n) is 6.43. The molecule has 0 aliphatic heterocycles. The fourth-order valence-electron chi connectivity index (χ4n) is 2.01. The fourth-order valence-corrected chi connectivity index (χ4v) is 2.01. The Morgan fingerprint density at radius 2 is 1.90 bits per heavy atom. The average Bonchev–Trinajstić information content (AvgIpc) is 2.50. The molecule has 0 radical (unpaired) electrons. The van der Waals surface area contributed by atoms with Gasteiger partial charge in [0, 0.05) is 12.6 Å². The summed E-state index contributed by atoms with van der Waals surface area (Å²) in [6.07, 6.45) is 0. The highest BCUT2D eigenvalue weighted by molar-refractivity contribution is 5.78. The molecular weight excluding hydrogens is 276 g/mol. The lowest BCUT2D eigenvalue weighted by molar-refractivity contribution is -0.142. The number of ether oxygens (including phenoxy) is 1. The number of nitrogens with one attached hydrogen (secondary N) is 1. The molecule has 0 bridgehead atoms. The van der Waals surface area contributed by atoms with E-state index in [9.17, 15) is 13.6 Å². The van der Waals surface area contributed by atoms with Crippen LogP contribution < -0.4 is 5.32 Å². The number of hydrogen-bond acceptors (Lipinski definition) is 3. The van der Waals surface area contributed by atoms with Gasteiger partial charge in [-0.05, 0) is 17.7 Å². The molecule has 0 fully saturated rings. The van der Waals surface area contributed by atoms with Gasteiger partial charge in [-0.3, -0.25) is 4.79 Å². The zero-order valence-electron chi connectivity index (χ0n) is 11.5. The summed E-state index contributed by atoms with van der Waals surface area (Å²) >= 11 is 0. The van der Waals surface area contributed by atoms with Gasteiger partial charge in [-0.15, -0.1) is 0 Å². The van der Waals surface area contributed by atoms with Gasteiger partial charge in [0.15, 0.2) is 0 Å². The van der Waals surface area contributed by atoms with Crippen molar-refractivity contribution in [1.29, 1.82) is 0 Å². The van der Waals surface area contributed by atoms with E-state index in [1.54, 1.807) is 12.1 Å². The quantitative estimate of drug-likeness (QED) is 0.859. The van der Waals surface area contributed by atoms with Crippen LogP contribution in [0.4, 0.5) is 14.5 Å². The highest BCUT2D eigenvalue weighted by Crippen LogP contribution is 2.20. The lowest BCUT2D eigenvalue weighted by Crippen LogP contribution is -2.22. The van der Waals surface area contributed by atoms with Crippen molar-refractivity contribution in [3.63, 3.8) is 0 Å². The SMILES string of the molecule is COC(=O)C(CNc1ccc(F)cc1F)c1ccccc1. The maximum atomic E-state index is 13.6. The normalized spacial score (nSPS) is 11.8. The lowest BCUT2D eigenvalue weighted by Gasteiger charge is -2.17. The number of benzene rings is 2. The van der Waals surface area contributed by atoms with E-state index in [-0.39, 0.29) is 12.2 Å². The molecule has 1 unspecified atom stereocenters. The zero-order valence-corrected chi connectivity index (χ0v) is 11.5. The number of carbonyl (C=O) groups is 1. The Bertz CT molecular complexity index is 617.